The molecule has 2 aliphatic carbocycles. The molecule has 0 aromatic heterocycles. The molecule has 0 bridgehead atoms. The van der Waals surface area contributed by atoms with Gasteiger partial charge in [0.1, 0.15) is 0 Å². The van der Waals surface area contributed by atoms with Crippen LogP contribution in [0, 0.1) is 0 Å². The van der Waals surface area contributed by atoms with Crippen LogP contribution in [0.25, 0.3) is 65.7 Å². The molecule has 0 radical (unpaired) electrons. The minimum absolute atomic E-state index is 0.410. The first-order valence-corrected chi connectivity index (χ1v) is 21.8. The molecule has 1 atom stereocenters. The molecule has 1 unspecified atom stereocenters. The molecule has 1 heteroatoms. The molecule has 0 saturated heterocycles. The third kappa shape index (κ3) is 5.70. The zero-order valence-corrected chi connectivity index (χ0v) is 34.4. The van der Waals surface area contributed by atoms with Crippen LogP contribution in [0.2, 0.25) is 0 Å². The van der Waals surface area contributed by atoms with E-state index in [4.69, 9.17) is 0 Å². The van der Waals surface area contributed by atoms with Crippen molar-refractivity contribution in [1.82, 2.24) is 0 Å². The molecule has 2 aliphatic rings. The van der Waals surface area contributed by atoms with Crippen LogP contribution in [0.5, 0.6) is 0 Å². The van der Waals surface area contributed by atoms with E-state index in [2.05, 4.69) is 242 Å². The van der Waals surface area contributed by atoms with Gasteiger partial charge in [-0.15, -0.1) is 0 Å². The molecule has 0 fully saturated rings. The van der Waals surface area contributed by atoms with Crippen molar-refractivity contribution >= 4 is 49.4 Å². The van der Waals surface area contributed by atoms with E-state index in [1.54, 1.807) is 0 Å². The quantitative estimate of drug-likeness (QED) is 0.145. The van der Waals surface area contributed by atoms with Gasteiger partial charge in [-0.1, -0.05) is 200 Å². The van der Waals surface area contributed by atoms with Crippen LogP contribution in [0.1, 0.15) is 29.5 Å². The Labute approximate surface area is 363 Å². The number of rotatable bonds is 7. The summed E-state index contributed by atoms with van der Waals surface area (Å²) in [6, 6.07) is 80.9. The lowest BCUT2D eigenvalue weighted by molar-refractivity contribution is 0.693. The molecule has 62 heavy (non-hydrogen) atoms. The van der Waals surface area contributed by atoms with E-state index in [0.29, 0.717) is 0 Å². The number of benzene rings is 10. The van der Waals surface area contributed by atoms with Crippen molar-refractivity contribution in [3.8, 4) is 33.4 Å². The second-order valence-corrected chi connectivity index (χ2v) is 16.7. The van der Waals surface area contributed by atoms with E-state index in [0.717, 1.165) is 29.9 Å². The summed E-state index contributed by atoms with van der Waals surface area (Å²) < 4.78 is 0. The summed E-state index contributed by atoms with van der Waals surface area (Å²) in [5.74, 6) is 0. The minimum atomic E-state index is -0.410. The lowest BCUT2D eigenvalue weighted by atomic mass is 9.65. The molecule has 12 rings (SSSR count). The number of nitrogens with zero attached hydrogens (tertiary/aromatic N) is 1. The Morgan fingerprint density at radius 3 is 1.50 bits per heavy atom. The molecule has 0 saturated carbocycles. The van der Waals surface area contributed by atoms with Gasteiger partial charge in [-0.3, -0.25) is 0 Å². The zero-order valence-electron chi connectivity index (χ0n) is 34.4. The average Bonchev–Trinajstić information content (AvgIpc) is 3.65. The SMILES string of the molecule is C1=CCCC(C2(c3ccccc3)c3ccccc3-c3ccc(N(c4ccc(-c5ccccc5)cc4)c4ccc(-c5ccc6c7ccccc7c7ccccc7c6c5)cc4)cc32)=C1. The van der Waals surface area contributed by atoms with Gasteiger partial charge in [0.2, 0.25) is 0 Å². The second kappa shape index (κ2) is 14.8. The van der Waals surface area contributed by atoms with Crippen LogP contribution in [0.15, 0.2) is 242 Å². The lowest BCUT2D eigenvalue weighted by Gasteiger charge is -2.37. The highest BCUT2D eigenvalue weighted by atomic mass is 15.1. The summed E-state index contributed by atoms with van der Waals surface area (Å²) >= 11 is 0. The van der Waals surface area contributed by atoms with Gasteiger partial charge in [0.25, 0.3) is 0 Å². The molecule has 0 N–H and O–H groups in total. The molecule has 1 nitrogen and oxygen atoms in total. The summed E-state index contributed by atoms with van der Waals surface area (Å²) in [6.45, 7) is 0. The summed E-state index contributed by atoms with van der Waals surface area (Å²) in [5.41, 5.74) is 15.8. The standard InChI is InChI=1S/C61H43N/c1-4-16-42(17-5-1)43-28-33-48(34-29-43)62(49-35-30-44(31-36-49)45-32-38-55-53-24-11-10-22-51(53)52-23-12-13-25-54(52)58(55)40-45)50-37-39-57-56-26-14-15-27-59(56)61(60(57)41-50,46-18-6-2-7-19-46)47-20-8-3-9-21-47/h1-8,10-20,22-41H,9,21H2. The molecule has 10 aromatic carbocycles. The topological polar surface area (TPSA) is 3.24 Å². The lowest BCUT2D eigenvalue weighted by Crippen LogP contribution is -2.30. The summed E-state index contributed by atoms with van der Waals surface area (Å²) in [6.07, 6.45) is 8.99. The fraction of sp³-hybridized carbons (Fsp3) is 0.0492. The van der Waals surface area contributed by atoms with Gasteiger partial charge in [-0.2, -0.15) is 0 Å². The first-order valence-electron chi connectivity index (χ1n) is 21.8. The van der Waals surface area contributed by atoms with E-state index >= 15 is 0 Å². The summed E-state index contributed by atoms with van der Waals surface area (Å²) in [5, 5.41) is 7.74. The summed E-state index contributed by atoms with van der Waals surface area (Å²) in [7, 11) is 0. The highest BCUT2D eigenvalue weighted by Crippen LogP contribution is 2.58. The predicted molar refractivity (Wildman–Crippen MR) is 263 cm³/mol. The van der Waals surface area contributed by atoms with Gasteiger partial charge in [0, 0.05) is 17.1 Å². The Hall–Kier alpha value is -7.74. The maximum atomic E-state index is 2.49. The molecule has 0 amide bonds. The number of anilines is 3. The monoisotopic (exact) mass is 789 g/mol. The second-order valence-electron chi connectivity index (χ2n) is 16.7. The van der Waals surface area contributed by atoms with Gasteiger partial charge in [0.15, 0.2) is 0 Å². The van der Waals surface area contributed by atoms with Gasteiger partial charge in [-0.05, 0) is 138 Å². The van der Waals surface area contributed by atoms with E-state index in [1.165, 1.54) is 88.0 Å². The van der Waals surface area contributed by atoms with Gasteiger partial charge in [-0.25, -0.2) is 0 Å². The van der Waals surface area contributed by atoms with Crippen molar-refractivity contribution in [3.05, 3.63) is 259 Å². The first-order chi connectivity index (χ1) is 30.8. The van der Waals surface area contributed by atoms with Crippen LogP contribution >= 0.6 is 0 Å². The van der Waals surface area contributed by atoms with Crippen molar-refractivity contribution in [1.29, 1.82) is 0 Å². The Balaban J connectivity index is 1.02. The van der Waals surface area contributed by atoms with Crippen LogP contribution in [-0.2, 0) is 5.41 Å². The average molecular weight is 790 g/mol. The van der Waals surface area contributed by atoms with E-state index in [9.17, 15) is 0 Å². The van der Waals surface area contributed by atoms with Crippen LogP contribution in [0.4, 0.5) is 17.1 Å². The first kappa shape index (κ1) is 36.1. The number of hydrogen-bond acceptors (Lipinski definition) is 1. The van der Waals surface area contributed by atoms with Crippen molar-refractivity contribution in [2.24, 2.45) is 0 Å². The molecular formula is C61H43N. The third-order valence-electron chi connectivity index (χ3n) is 13.4. The Morgan fingerprint density at radius 2 is 0.855 bits per heavy atom. The number of fused-ring (bicyclic) bond motifs is 9. The van der Waals surface area contributed by atoms with E-state index < -0.39 is 5.41 Å². The Morgan fingerprint density at radius 1 is 0.355 bits per heavy atom. The molecule has 0 spiro atoms. The fourth-order valence-electron chi connectivity index (χ4n) is 10.6. The van der Waals surface area contributed by atoms with Crippen LogP contribution in [0.3, 0.4) is 0 Å². The van der Waals surface area contributed by atoms with Crippen molar-refractivity contribution in [2.45, 2.75) is 18.3 Å². The fourth-order valence-corrected chi connectivity index (χ4v) is 10.6. The van der Waals surface area contributed by atoms with Crippen molar-refractivity contribution < 1.29 is 0 Å². The maximum Gasteiger partial charge on any atom is 0.0677 e. The molecule has 0 aliphatic heterocycles. The highest BCUT2D eigenvalue weighted by molar-refractivity contribution is 6.25. The Kier molecular flexibility index (Phi) is 8.61. The molecular weight excluding hydrogens is 747 g/mol. The molecule has 10 aromatic rings. The minimum Gasteiger partial charge on any atom is -0.310 e. The molecule has 0 heterocycles. The van der Waals surface area contributed by atoms with E-state index in [1.807, 2.05) is 0 Å². The highest BCUT2D eigenvalue weighted by Gasteiger charge is 2.47. The third-order valence-corrected chi connectivity index (χ3v) is 13.4. The Bertz CT molecular complexity index is 3340. The van der Waals surface area contributed by atoms with Gasteiger partial charge < -0.3 is 4.90 Å². The van der Waals surface area contributed by atoms with Crippen LogP contribution in [-0.4, -0.2) is 0 Å². The predicted octanol–water partition coefficient (Wildman–Crippen LogP) is 16.5. The van der Waals surface area contributed by atoms with Crippen LogP contribution < -0.4 is 4.90 Å². The smallest absolute Gasteiger partial charge is 0.0677 e. The van der Waals surface area contributed by atoms with E-state index in [-0.39, 0.29) is 0 Å². The number of allylic oxidation sites excluding steroid dienone is 4. The number of hydrogen-bond donors (Lipinski definition) is 0. The normalized spacial score (nSPS) is 15.4. The molecule has 292 valence electrons. The largest absolute Gasteiger partial charge is 0.310 e. The maximum absolute atomic E-state index is 2.49. The summed E-state index contributed by atoms with van der Waals surface area (Å²) in [4.78, 5) is 2.44. The van der Waals surface area contributed by atoms with Gasteiger partial charge >= 0.3 is 0 Å². The van der Waals surface area contributed by atoms with Crippen molar-refractivity contribution in [3.63, 3.8) is 0 Å². The zero-order chi connectivity index (χ0) is 41.0. The van der Waals surface area contributed by atoms with Crippen molar-refractivity contribution in [2.75, 3.05) is 4.90 Å². The van der Waals surface area contributed by atoms with Gasteiger partial charge in [0.05, 0.1) is 5.41 Å².